The highest BCUT2D eigenvalue weighted by Crippen LogP contribution is 2.35. The highest BCUT2D eigenvalue weighted by atomic mass is 35.5. The van der Waals surface area contributed by atoms with E-state index in [0.29, 0.717) is 28.9 Å². The van der Waals surface area contributed by atoms with Gasteiger partial charge in [0.15, 0.2) is 0 Å². The van der Waals surface area contributed by atoms with E-state index in [1.165, 1.54) is 23.1 Å². The van der Waals surface area contributed by atoms with Crippen molar-refractivity contribution < 1.29 is 9.59 Å². The van der Waals surface area contributed by atoms with Crippen LogP contribution in [0.5, 0.6) is 0 Å². The van der Waals surface area contributed by atoms with Crippen LogP contribution in [-0.2, 0) is 21.8 Å². The van der Waals surface area contributed by atoms with Crippen molar-refractivity contribution in [1.29, 1.82) is 0 Å². The van der Waals surface area contributed by atoms with Crippen molar-refractivity contribution in [1.82, 2.24) is 10.2 Å². The van der Waals surface area contributed by atoms with Crippen LogP contribution in [0.1, 0.15) is 35.4 Å². The number of hydrogen-bond acceptors (Lipinski definition) is 6. The van der Waals surface area contributed by atoms with Crippen molar-refractivity contribution in [2.45, 2.75) is 31.4 Å². The van der Waals surface area contributed by atoms with Crippen molar-refractivity contribution in [3.63, 3.8) is 0 Å². The number of aryl methyl sites for hydroxylation is 1. The molecule has 6 nitrogen and oxygen atoms in total. The molecular weight excluding hydrogens is 464 g/mol. The Balaban J connectivity index is 1.31. The zero-order chi connectivity index (χ0) is 22.5. The van der Waals surface area contributed by atoms with E-state index in [0.717, 1.165) is 34.0 Å². The van der Waals surface area contributed by atoms with Crippen molar-refractivity contribution in [3.05, 3.63) is 69.7 Å². The van der Waals surface area contributed by atoms with Gasteiger partial charge in [-0.3, -0.25) is 14.9 Å². The Kier molecular flexibility index (Phi) is 7.44. The molecule has 32 heavy (non-hydrogen) atoms. The maximum atomic E-state index is 12.7. The summed E-state index contributed by atoms with van der Waals surface area (Å²) in [5.41, 5.74) is 3.24. The number of halogens is 1. The third-order valence-corrected chi connectivity index (χ3v) is 7.50. The van der Waals surface area contributed by atoms with Crippen LogP contribution in [0.2, 0.25) is 5.02 Å². The van der Waals surface area contributed by atoms with Crippen LogP contribution in [0, 0.1) is 0 Å². The van der Waals surface area contributed by atoms with E-state index in [-0.39, 0.29) is 17.7 Å². The Morgan fingerprint density at radius 1 is 1.22 bits per heavy atom. The second kappa shape index (κ2) is 10.5. The number of nitrogens with one attached hydrogen (secondary N) is 1. The first-order valence-corrected chi connectivity index (χ1v) is 12.7. The minimum Gasteiger partial charge on any atom is -0.311 e. The molecule has 1 atom stereocenters. The summed E-state index contributed by atoms with van der Waals surface area (Å²) in [5, 5.41) is 13.1. The fraction of sp³-hybridized carbons (Fsp3) is 0.304. The van der Waals surface area contributed by atoms with Crippen LogP contribution >= 0.6 is 34.7 Å². The molecule has 0 aliphatic carbocycles. The summed E-state index contributed by atoms with van der Waals surface area (Å²) in [6.45, 7) is 2.67. The zero-order valence-corrected chi connectivity index (χ0v) is 20.0. The number of amides is 2. The van der Waals surface area contributed by atoms with Gasteiger partial charge in [-0.05, 0) is 35.7 Å². The number of benzene rings is 2. The number of thioether (sulfide) groups is 1. The van der Waals surface area contributed by atoms with Crippen LogP contribution in [0.4, 0.5) is 10.8 Å². The van der Waals surface area contributed by atoms with E-state index in [9.17, 15) is 9.59 Å². The third kappa shape index (κ3) is 5.49. The van der Waals surface area contributed by atoms with Gasteiger partial charge in [0.05, 0.1) is 5.75 Å². The molecule has 1 aromatic heterocycles. The molecule has 2 aromatic carbocycles. The minimum absolute atomic E-state index is 0.0187. The lowest BCUT2D eigenvalue weighted by Gasteiger charge is -2.19. The molecule has 1 saturated heterocycles. The summed E-state index contributed by atoms with van der Waals surface area (Å²) < 4.78 is 0. The number of anilines is 2. The van der Waals surface area contributed by atoms with Crippen LogP contribution in [0.3, 0.4) is 0 Å². The summed E-state index contributed by atoms with van der Waals surface area (Å²) in [6.07, 6.45) is 1.27. The summed E-state index contributed by atoms with van der Waals surface area (Å²) in [6, 6.07) is 15.6. The zero-order valence-electron chi connectivity index (χ0n) is 17.6. The first-order chi connectivity index (χ1) is 15.5. The average Bonchev–Trinajstić information content (AvgIpc) is 3.41. The maximum absolute atomic E-state index is 12.7. The number of rotatable bonds is 8. The molecule has 1 aliphatic heterocycles. The van der Waals surface area contributed by atoms with Gasteiger partial charge in [0.25, 0.3) is 0 Å². The summed E-state index contributed by atoms with van der Waals surface area (Å²) in [7, 11) is 0. The monoisotopic (exact) mass is 486 g/mol. The van der Waals surface area contributed by atoms with E-state index in [4.69, 9.17) is 11.6 Å². The normalized spacial score (nSPS) is 15.9. The topological polar surface area (TPSA) is 75.2 Å². The van der Waals surface area contributed by atoms with Crippen molar-refractivity contribution >= 4 is 57.3 Å². The van der Waals surface area contributed by atoms with Crippen LogP contribution in [0.25, 0.3) is 0 Å². The SMILES string of the molecule is CCc1ccccc1N1CC(c2nnc(NC(=O)CSCc3ccc(Cl)cc3)s2)CC1=O. The lowest BCUT2D eigenvalue weighted by molar-refractivity contribution is -0.117. The standard InChI is InChI=1S/C23H23ClN4O2S2/c1-2-16-5-3-4-6-19(16)28-12-17(11-21(28)30)22-26-27-23(32-22)25-20(29)14-31-13-15-7-9-18(24)10-8-15/h3-10,17H,2,11-14H2,1H3,(H,25,27,29). The first kappa shape index (κ1) is 22.8. The third-order valence-electron chi connectivity index (χ3n) is 5.24. The molecule has 166 valence electrons. The van der Waals surface area contributed by atoms with Gasteiger partial charge in [0.1, 0.15) is 5.01 Å². The van der Waals surface area contributed by atoms with E-state index < -0.39 is 0 Å². The molecule has 9 heteroatoms. The number of nitrogens with zero attached hydrogens (tertiary/aromatic N) is 3. The number of carbonyl (C=O) groups is 2. The lowest BCUT2D eigenvalue weighted by atomic mass is 10.1. The Hall–Kier alpha value is -2.42. The average molecular weight is 487 g/mol. The van der Waals surface area contributed by atoms with Gasteiger partial charge in [0.2, 0.25) is 16.9 Å². The molecule has 4 rings (SSSR count). The van der Waals surface area contributed by atoms with Crippen LogP contribution < -0.4 is 10.2 Å². The maximum Gasteiger partial charge on any atom is 0.236 e. The van der Waals surface area contributed by atoms with E-state index in [1.54, 1.807) is 0 Å². The predicted molar refractivity (Wildman–Crippen MR) is 132 cm³/mol. The smallest absolute Gasteiger partial charge is 0.236 e. The van der Waals surface area contributed by atoms with E-state index in [2.05, 4.69) is 28.5 Å². The van der Waals surface area contributed by atoms with Gasteiger partial charge >= 0.3 is 0 Å². The molecule has 2 heterocycles. The highest BCUT2D eigenvalue weighted by Gasteiger charge is 2.34. The van der Waals surface area contributed by atoms with Crippen LogP contribution in [0.15, 0.2) is 48.5 Å². The molecule has 0 spiro atoms. The van der Waals surface area contributed by atoms with Crippen molar-refractivity contribution in [2.75, 3.05) is 22.5 Å². The molecular formula is C23H23ClN4O2S2. The van der Waals surface area contributed by atoms with Gasteiger partial charge < -0.3 is 4.90 Å². The molecule has 1 unspecified atom stereocenters. The summed E-state index contributed by atoms with van der Waals surface area (Å²) >= 11 is 8.76. The summed E-state index contributed by atoms with van der Waals surface area (Å²) in [4.78, 5) is 26.8. The number of aromatic nitrogens is 2. The van der Waals surface area contributed by atoms with Crippen molar-refractivity contribution in [3.8, 4) is 0 Å². The Bertz CT molecular complexity index is 1100. The van der Waals surface area contributed by atoms with Gasteiger partial charge in [-0.1, -0.05) is 60.2 Å². The lowest BCUT2D eigenvalue weighted by Crippen LogP contribution is -2.25. The molecule has 2 amide bonds. The Morgan fingerprint density at radius 2 is 2.00 bits per heavy atom. The quantitative estimate of drug-likeness (QED) is 0.476. The minimum atomic E-state index is -0.118. The largest absolute Gasteiger partial charge is 0.311 e. The highest BCUT2D eigenvalue weighted by molar-refractivity contribution is 7.99. The molecule has 3 aromatic rings. The number of para-hydroxylation sites is 1. The fourth-order valence-electron chi connectivity index (χ4n) is 3.63. The van der Waals surface area contributed by atoms with Gasteiger partial charge in [-0.25, -0.2) is 0 Å². The van der Waals surface area contributed by atoms with Crippen LogP contribution in [-0.4, -0.2) is 34.3 Å². The fourth-order valence-corrected chi connectivity index (χ4v) is 5.39. The molecule has 1 fully saturated rings. The molecule has 0 radical (unpaired) electrons. The Morgan fingerprint density at radius 3 is 2.78 bits per heavy atom. The second-order valence-corrected chi connectivity index (χ2v) is 9.93. The van der Waals surface area contributed by atoms with Gasteiger partial charge in [0, 0.05) is 35.3 Å². The molecule has 1 N–H and O–H groups in total. The number of hydrogen-bond donors (Lipinski definition) is 1. The number of carbonyl (C=O) groups excluding carboxylic acids is 2. The molecule has 1 aliphatic rings. The van der Waals surface area contributed by atoms with E-state index >= 15 is 0 Å². The summed E-state index contributed by atoms with van der Waals surface area (Å²) in [5.74, 6) is 1.00. The Labute approximate surface area is 200 Å². The van der Waals surface area contributed by atoms with E-state index in [1.807, 2.05) is 47.4 Å². The first-order valence-electron chi connectivity index (χ1n) is 10.4. The second-order valence-electron chi connectivity index (χ2n) is 7.50. The van der Waals surface area contributed by atoms with Crippen molar-refractivity contribution in [2.24, 2.45) is 0 Å². The van der Waals surface area contributed by atoms with Gasteiger partial charge in [-0.2, -0.15) is 0 Å². The van der Waals surface area contributed by atoms with Gasteiger partial charge in [-0.15, -0.1) is 22.0 Å². The molecule has 0 bridgehead atoms. The predicted octanol–water partition coefficient (Wildman–Crippen LogP) is 5.15. The molecule has 0 saturated carbocycles.